The van der Waals surface area contributed by atoms with E-state index in [1.165, 1.54) is 23.5 Å². The van der Waals surface area contributed by atoms with Crippen molar-refractivity contribution in [2.45, 2.75) is 12.3 Å². The second kappa shape index (κ2) is 7.96. The summed E-state index contributed by atoms with van der Waals surface area (Å²) in [4.78, 5) is 31.9. The van der Waals surface area contributed by atoms with Gasteiger partial charge < -0.3 is 5.32 Å². The van der Waals surface area contributed by atoms with Gasteiger partial charge in [0.1, 0.15) is 12.6 Å². The number of allylic oxidation sites excluding steroid dienone is 1. The first-order valence-corrected chi connectivity index (χ1v) is 8.99. The number of hydrogen-bond acceptors (Lipinski definition) is 7. The highest BCUT2D eigenvalue weighted by molar-refractivity contribution is 7.11. The lowest BCUT2D eigenvalue weighted by Gasteiger charge is -2.37. The highest BCUT2D eigenvalue weighted by Crippen LogP contribution is 2.31. The summed E-state index contributed by atoms with van der Waals surface area (Å²) in [6.45, 7) is 0.374. The maximum atomic E-state index is 14.1. The lowest BCUT2D eigenvalue weighted by molar-refractivity contribution is -0.105. The van der Waals surface area contributed by atoms with Crippen molar-refractivity contribution in [1.29, 1.82) is 0 Å². The third kappa shape index (κ3) is 4.47. The average Bonchev–Trinajstić information content (AvgIpc) is 3.13. The smallest absolute Gasteiger partial charge is 0.261 e. The Kier molecular flexibility index (Phi) is 5.67. The number of halogens is 2. The van der Waals surface area contributed by atoms with Gasteiger partial charge in [-0.1, -0.05) is 6.08 Å². The van der Waals surface area contributed by atoms with E-state index in [4.69, 9.17) is 0 Å². The van der Waals surface area contributed by atoms with Gasteiger partial charge in [0.15, 0.2) is 10.8 Å². The Morgan fingerprint density at radius 2 is 2.27 bits per heavy atom. The average molecular weight is 380 g/mol. The van der Waals surface area contributed by atoms with Gasteiger partial charge in [-0.2, -0.15) is 0 Å². The normalized spacial score (nSPS) is 23.6. The first kappa shape index (κ1) is 18.5. The summed E-state index contributed by atoms with van der Waals surface area (Å²) in [5.41, 5.74) is 1.01. The maximum absolute atomic E-state index is 14.1. The van der Waals surface area contributed by atoms with Crippen molar-refractivity contribution in [2.75, 3.05) is 26.2 Å². The van der Waals surface area contributed by atoms with Gasteiger partial charge in [-0.25, -0.2) is 13.8 Å². The predicted octanol–water partition coefficient (Wildman–Crippen LogP) is 1.66. The molecule has 0 aliphatic carbocycles. The summed E-state index contributed by atoms with van der Waals surface area (Å²) in [7, 11) is 0. The number of piperidine rings is 1. The van der Waals surface area contributed by atoms with E-state index in [0.29, 0.717) is 41.2 Å². The van der Waals surface area contributed by atoms with E-state index in [1.54, 1.807) is 11.1 Å². The molecule has 0 amide bonds. The Balaban J connectivity index is 1.74. The molecule has 1 fully saturated rings. The van der Waals surface area contributed by atoms with Gasteiger partial charge in [0.2, 0.25) is 0 Å². The van der Waals surface area contributed by atoms with Crippen molar-refractivity contribution in [2.24, 2.45) is 10.9 Å². The Hall–Kier alpha value is -2.26. The second-order valence-electron chi connectivity index (χ2n) is 6.26. The molecule has 0 radical (unpaired) electrons. The van der Waals surface area contributed by atoms with Gasteiger partial charge in [0.25, 0.3) is 5.92 Å². The van der Waals surface area contributed by atoms with E-state index in [1.807, 2.05) is 5.38 Å². The summed E-state index contributed by atoms with van der Waals surface area (Å²) in [5.74, 6) is -2.72. The number of amidine groups is 1. The zero-order valence-corrected chi connectivity index (χ0v) is 14.7. The highest BCUT2D eigenvalue weighted by atomic mass is 32.1. The van der Waals surface area contributed by atoms with Gasteiger partial charge in [0, 0.05) is 42.4 Å². The Morgan fingerprint density at radius 1 is 1.42 bits per heavy atom. The highest BCUT2D eigenvalue weighted by Gasteiger charge is 2.39. The van der Waals surface area contributed by atoms with Crippen molar-refractivity contribution in [1.82, 2.24) is 15.2 Å². The van der Waals surface area contributed by atoms with Crippen molar-refractivity contribution >= 4 is 29.7 Å². The summed E-state index contributed by atoms with van der Waals surface area (Å²) < 4.78 is 28.1. The summed E-state index contributed by atoms with van der Waals surface area (Å²) in [5, 5.41) is 5.57. The zero-order chi connectivity index (χ0) is 18.6. The van der Waals surface area contributed by atoms with Gasteiger partial charge in [0.05, 0.1) is 13.1 Å². The van der Waals surface area contributed by atoms with E-state index in [-0.39, 0.29) is 26.1 Å². The molecule has 0 aromatic carbocycles. The molecule has 138 valence electrons. The van der Waals surface area contributed by atoms with Crippen LogP contribution in [0.4, 0.5) is 8.78 Å². The molecule has 1 atom stereocenters. The van der Waals surface area contributed by atoms with Gasteiger partial charge in [-0.3, -0.25) is 19.5 Å². The number of rotatable bonds is 6. The number of carbonyl (C=O) groups excluding carboxylic acids is 2. The van der Waals surface area contributed by atoms with Crippen molar-refractivity contribution in [3.8, 4) is 0 Å². The number of hydrogen-bond donors (Lipinski definition) is 1. The fourth-order valence-corrected chi connectivity index (χ4v) is 3.74. The molecule has 2 aliphatic rings. The minimum absolute atomic E-state index is 0.180. The zero-order valence-electron chi connectivity index (χ0n) is 13.9. The van der Waals surface area contributed by atoms with Crippen LogP contribution in [0.15, 0.2) is 40.0 Å². The first-order valence-electron chi connectivity index (χ1n) is 8.11. The van der Waals surface area contributed by atoms with Crippen LogP contribution in [0, 0.1) is 5.92 Å². The topological polar surface area (TPSA) is 74.7 Å². The number of likely N-dealkylation sites (tertiary alicyclic amines) is 1. The van der Waals surface area contributed by atoms with E-state index < -0.39 is 11.8 Å². The van der Waals surface area contributed by atoms with Crippen LogP contribution in [0.1, 0.15) is 11.4 Å². The second-order valence-corrected chi connectivity index (χ2v) is 7.15. The van der Waals surface area contributed by atoms with Gasteiger partial charge in [-0.05, 0) is 12.0 Å². The molecule has 3 rings (SSSR count). The monoisotopic (exact) mass is 380 g/mol. The van der Waals surface area contributed by atoms with Crippen LogP contribution in [0.2, 0.25) is 0 Å². The quantitative estimate of drug-likeness (QED) is 0.600. The van der Waals surface area contributed by atoms with Crippen LogP contribution in [0.3, 0.4) is 0 Å². The third-order valence-electron chi connectivity index (χ3n) is 4.19. The van der Waals surface area contributed by atoms with Crippen molar-refractivity contribution in [3.63, 3.8) is 0 Å². The van der Waals surface area contributed by atoms with Crippen LogP contribution in [0.25, 0.3) is 0 Å². The molecule has 1 saturated heterocycles. The van der Waals surface area contributed by atoms with Crippen LogP contribution in [0.5, 0.6) is 0 Å². The molecule has 3 heterocycles. The van der Waals surface area contributed by atoms with Crippen LogP contribution < -0.4 is 5.32 Å². The SMILES string of the molecule is O=C/C=C/[C@@H]1CN(CC2=C(C=O)CN=C(c3nccs3)N2)CC(F)(F)C1. The Labute approximate surface area is 153 Å². The Bertz CT molecular complexity index is 759. The van der Waals surface area contributed by atoms with Gasteiger partial charge in [-0.15, -0.1) is 11.3 Å². The number of nitrogens with zero attached hydrogens (tertiary/aromatic N) is 3. The number of aromatic nitrogens is 1. The molecule has 0 bridgehead atoms. The number of nitrogens with one attached hydrogen (secondary N) is 1. The number of alkyl halides is 2. The molecule has 1 aromatic rings. The van der Waals surface area contributed by atoms with Crippen molar-refractivity contribution < 1.29 is 18.4 Å². The molecular formula is C17H18F2N4O2S. The fourth-order valence-electron chi connectivity index (χ4n) is 3.14. The summed E-state index contributed by atoms with van der Waals surface area (Å²) in [6, 6.07) is 0. The molecule has 1 aromatic heterocycles. The van der Waals surface area contributed by atoms with Crippen LogP contribution in [-0.2, 0) is 9.59 Å². The standard InChI is InChI=1S/C17H18F2N4O2S/c18-17(19)6-12(2-1-4-24)8-23(11-17)9-14-13(10-25)7-21-15(22-14)16-20-3-5-26-16/h1-5,10,12H,6-9,11H2,(H,21,22)/b2-1+/t12-/m0/s1. The molecule has 9 heteroatoms. The lowest BCUT2D eigenvalue weighted by Crippen LogP contribution is -2.49. The molecule has 6 nitrogen and oxygen atoms in total. The molecule has 1 N–H and O–H groups in total. The fraction of sp³-hybridized carbons (Fsp3) is 0.412. The van der Waals surface area contributed by atoms with E-state index in [2.05, 4.69) is 15.3 Å². The molecule has 2 aliphatic heterocycles. The molecule has 0 unspecified atom stereocenters. The van der Waals surface area contributed by atoms with E-state index in [9.17, 15) is 18.4 Å². The predicted molar refractivity (Wildman–Crippen MR) is 94.4 cm³/mol. The van der Waals surface area contributed by atoms with Crippen molar-refractivity contribution in [3.05, 3.63) is 40.0 Å². The summed E-state index contributed by atoms with van der Waals surface area (Å²) >= 11 is 1.40. The Morgan fingerprint density at radius 3 is 2.96 bits per heavy atom. The maximum Gasteiger partial charge on any atom is 0.261 e. The lowest BCUT2D eigenvalue weighted by atomic mass is 9.94. The van der Waals surface area contributed by atoms with E-state index >= 15 is 0 Å². The minimum Gasteiger partial charge on any atom is -0.340 e. The minimum atomic E-state index is -2.85. The molecule has 0 saturated carbocycles. The van der Waals surface area contributed by atoms with E-state index in [0.717, 1.165) is 0 Å². The summed E-state index contributed by atoms with van der Waals surface area (Å²) in [6.07, 6.45) is 5.43. The number of carbonyl (C=O) groups is 2. The third-order valence-corrected chi connectivity index (χ3v) is 4.97. The molecule has 26 heavy (non-hydrogen) atoms. The van der Waals surface area contributed by atoms with Crippen LogP contribution in [-0.4, -0.2) is 60.4 Å². The van der Waals surface area contributed by atoms with Crippen LogP contribution >= 0.6 is 11.3 Å². The van der Waals surface area contributed by atoms with Gasteiger partial charge >= 0.3 is 0 Å². The number of aliphatic imine (C=N–C) groups is 1. The molecule has 0 spiro atoms. The molecular weight excluding hydrogens is 362 g/mol. The number of aldehydes is 2. The first-order chi connectivity index (χ1) is 12.5. The number of thiazole rings is 1. The largest absolute Gasteiger partial charge is 0.340 e.